The number of carbonyl (C=O) groups excluding carboxylic acids is 2. The average Bonchev–Trinajstić information content (AvgIpc) is 3.14. The number of carbonyl (C=O) groups is 2. The summed E-state index contributed by atoms with van der Waals surface area (Å²) in [6.45, 7) is 8.42. The third-order valence-electron chi connectivity index (χ3n) is 4.25. The minimum atomic E-state index is -0.169. The van der Waals surface area contributed by atoms with Crippen LogP contribution in [0.4, 0.5) is 0 Å². The van der Waals surface area contributed by atoms with E-state index in [1.54, 1.807) is 11.3 Å². The number of amides is 2. The van der Waals surface area contributed by atoms with Crippen LogP contribution in [0.25, 0.3) is 0 Å². The Kier molecular flexibility index (Phi) is 8.00. The number of benzene rings is 1. The van der Waals surface area contributed by atoms with Crippen molar-refractivity contribution < 1.29 is 14.9 Å². The molecular formula is C21H30N3O2S+. The summed E-state index contributed by atoms with van der Waals surface area (Å²) >= 11 is 1.69. The summed E-state index contributed by atoms with van der Waals surface area (Å²) < 4.78 is 0. The highest BCUT2D eigenvalue weighted by Gasteiger charge is 2.20. The predicted molar refractivity (Wildman–Crippen MR) is 110 cm³/mol. The first-order valence-corrected chi connectivity index (χ1v) is 10.3. The van der Waals surface area contributed by atoms with E-state index in [-0.39, 0.29) is 37.0 Å². The van der Waals surface area contributed by atoms with Gasteiger partial charge in [0, 0.05) is 11.6 Å². The fraction of sp³-hybridized carbons (Fsp3) is 0.429. The van der Waals surface area contributed by atoms with E-state index in [4.69, 9.17) is 0 Å². The van der Waals surface area contributed by atoms with Crippen molar-refractivity contribution in [3.05, 3.63) is 57.8 Å². The van der Waals surface area contributed by atoms with Crippen molar-refractivity contribution in [3.63, 3.8) is 0 Å². The molecule has 1 heterocycles. The fourth-order valence-electron chi connectivity index (χ4n) is 2.82. The van der Waals surface area contributed by atoms with Gasteiger partial charge in [-0.05, 0) is 36.8 Å². The SMILES string of the molecule is CC(C)NC(=O)CNC(=O)C[NH2+][C@@H](c1ccc(C(C)C)cc1)c1cccs1. The zero-order valence-corrected chi connectivity index (χ0v) is 17.3. The molecule has 0 aliphatic heterocycles. The molecule has 1 aromatic carbocycles. The lowest BCUT2D eigenvalue weighted by Crippen LogP contribution is -2.87. The van der Waals surface area contributed by atoms with Crippen molar-refractivity contribution in [1.29, 1.82) is 0 Å². The number of quaternary nitrogens is 1. The summed E-state index contributed by atoms with van der Waals surface area (Å²) in [5.41, 5.74) is 2.48. The zero-order valence-electron chi connectivity index (χ0n) is 16.5. The van der Waals surface area contributed by atoms with Crippen molar-refractivity contribution in [2.24, 2.45) is 0 Å². The van der Waals surface area contributed by atoms with Crippen LogP contribution < -0.4 is 16.0 Å². The van der Waals surface area contributed by atoms with Gasteiger partial charge in [0.15, 0.2) is 6.54 Å². The molecule has 146 valence electrons. The van der Waals surface area contributed by atoms with Crippen molar-refractivity contribution in [2.45, 2.75) is 45.7 Å². The van der Waals surface area contributed by atoms with Gasteiger partial charge >= 0.3 is 0 Å². The largest absolute Gasteiger partial charge is 0.352 e. The molecule has 2 rings (SSSR count). The number of nitrogens with two attached hydrogens (primary N) is 1. The smallest absolute Gasteiger partial charge is 0.275 e. The summed E-state index contributed by atoms with van der Waals surface area (Å²) in [5.74, 6) is 0.178. The highest BCUT2D eigenvalue weighted by Crippen LogP contribution is 2.24. The third-order valence-corrected chi connectivity index (χ3v) is 5.20. The van der Waals surface area contributed by atoms with E-state index in [1.807, 2.05) is 25.2 Å². The van der Waals surface area contributed by atoms with Crippen LogP contribution in [0.15, 0.2) is 41.8 Å². The molecule has 5 nitrogen and oxygen atoms in total. The van der Waals surface area contributed by atoms with Gasteiger partial charge in [-0.1, -0.05) is 44.2 Å². The molecule has 0 spiro atoms. The molecule has 0 unspecified atom stereocenters. The lowest BCUT2D eigenvalue weighted by molar-refractivity contribution is -0.676. The zero-order chi connectivity index (χ0) is 19.8. The molecule has 0 fully saturated rings. The molecule has 0 aliphatic rings. The summed E-state index contributed by atoms with van der Waals surface area (Å²) in [6, 6.07) is 12.9. The Morgan fingerprint density at radius 1 is 1.00 bits per heavy atom. The molecule has 1 aromatic heterocycles. The number of hydrogen-bond acceptors (Lipinski definition) is 3. The highest BCUT2D eigenvalue weighted by atomic mass is 32.1. The van der Waals surface area contributed by atoms with Crippen LogP contribution in [0.5, 0.6) is 0 Å². The van der Waals surface area contributed by atoms with E-state index in [1.165, 1.54) is 16.0 Å². The summed E-state index contributed by atoms with van der Waals surface area (Å²) in [6.07, 6.45) is 0. The summed E-state index contributed by atoms with van der Waals surface area (Å²) in [7, 11) is 0. The maximum absolute atomic E-state index is 12.2. The quantitative estimate of drug-likeness (QED) is 0.616. The van der Waals surface area contributed by atoms with Gasteiger partial charge in [-0.2, -0.15) is 0 Å². The Morgan fingerprint density at radius 2 is 1.67 bits per heavy atom. The first kappa shape index (κ1) is 21.1. The van der Waals surface area contributed by atoms with Crippen molar-refractivity contribution in [3.8, 4) is 0 Å². The highest BCUT2D eigenvalue weighted by molar-refractivity contribution is 7.10. The van der Waals surface area contributed by atoms with Crippen molar-refractivity contribution in [2.75, 3.05) is 13.1 Å². The van der Waals surface area contributed by atoms with Crippen molar-refractivity contribution in [1.82, 2.24) is 10.6 Å². The predicted octanol–water partition coefficient (Wildman–Crippen LogP) is 2.17. The number of hydrogen-bond donors (Lipinski definition) is 3. The number of nitrogens with one attached hydrogen (secondary N) is 2. The normalized spacial score (nSPS) is 12.2. The third kappa shape index (κ3) is 6.81. The number of thiophene rings is 1. The summed E-state index contributed by atoms with van der Waals surface area (Å²) in [5, 5.41) is 9.52. The van der Waals surface area contributed by atoms with Gasteiger partial charge in [-0.25, -0.2) is 0 Å². The van der Waals surface area contributed by atoms with Crippen molar-refractivity contribution >= 4 is 23.2 Å². The molecule has 27 heavy (non-hydrogen) atoms. The Morgan fingerprint density at radius 3 is 2.22 bits per heavy atom. The molecule has 2 aromatic rings. The van der Waals surface area contributed by atoms with E-state index in [0.717, 1.165) is 0 Å². The first-order valence-electron chi connectivity index (χ1n) is 9.39. The molecule has 0 saturated heterocycles. The van der Waals surface area contributed by atoms with Gasteiger partial charge in [0.1, 0.15) is 6.04 Å². The Bertz CT molecular complexity index is 724. The molecule has 2 amide bonds. The first-order chi connectivity index (χ1) is 12.9. The maximum atomic E-state index is 12.2. The van der Waals surface area contributed by atoms with Crippen LogP contribution >= 0.6 is 11.3 Å². The second-order valence-electron chi connectivity index (χ2n) is 7.25. The van der Waals surface area contributed by atoms with E-state index in [0.29, 0.717) is 5.92 Å². The van der Waals surface area contributed by atoms with Crippen LogP contribution in [-0.2, 0) is 9.59 Å². The standard InChI is InChI=1S/C21H29N3O2S/c1-14(2)16-7-9-17(10-8-16)21(18-6-5-11-27-18)23-12-19(25)22-13-20(26)24-15(3)4/h5-11,14-15,21,23H,12-13H2,1-4H3,(H,22,25)(H,24,26)/p+1/t21-/m0/s1. The molecule has 0 saturated carbocycles. The second kappa shape index (κ2) is 10.2. The van der Waals surface area contributed by atoms with Crippen LogP contribution in [-0.4, -0.2) is 30.9 Å². The van der Waals surface area contributed by atoms with Gasteiger partial charge in [0.05, 0.1) is 11.4 Å². The summed E-state index contributed by atoms with van der Waals surface area (Å²) in [4.78, 5) is 25.0. The topological polar surface area (TPSA) is 74.8 Å². The monoisotopic (exact) mass is 388 g/mol. The number of rotatable bonds is 9. The Labute approximate surface area is 165 Å². The van der Waals surface area contributed by atoms with Crippen LogP contribution in [0.3, 0.4) is 0 Å². The van der Waals surface area contributed by atoms with Crippen LogP contribution in [0.1, 0.15) is 55.7 Å². The van der Waals surface area contributed by atoms with Gasteiger partial charge in [0.2, 0.25) is 5.91 Å². The van der Waals surface area contributed by atoms with Gasteiger partial charge in [0.25, 0.3) is 5.91 Å². The van der Waals surface area contributed by atoms with Gasteiger partial charge < -0.3 is 16.0 Å². The maximum Gasteiger partial charge on any atom is 0.275 e. The minimum Gasteiger partial charge on any atom is -0.352 e. The van der Waals surface area contributed by atoms with E-state index in [2.05, 4.69) is 60.2 Å². The van der Waals surface area contributed by atoms with Crippen LogP contribution in [0, 0.1) is 0 Å². The minimum absolute atomic E-state index is 0.0115. The van der Waals surface area contributed by atoms with E-state index in [9.17, 15) is 9.59 Å². The molecule has 4 N–H and O–H groups in total. The van der Waals surface area contributed by atoms with E-state index >= 15 is 0 Å². The van der Waals surface area contributed by atoms with Gasteiger partial charge in [-0.3, -0.25) is 9.59 Å². The lowest BCUT2D eigenvalue weighted by atomic mass is 9.98. The van der Waals surface area contributed by atoms with Gasteiger partial charge in [-0.15, -0.1) is 11.3 Å². The average molecular weight is 389 g/mol. The molecule has 0 aliphatic carbocycles. The molecule has 1 atom stereocenters. The molecule has 0 radical (unpaired) electrons. The van der Waals surface area contributed by atoms with Crippen LogP contribution in [0.2, 0.25) is 0 Å². The molecular weight excluding hydrogens is 358 g/mol. The molecule has 6 heteroatoms. The Hall–Kier alpha value is -2.18. The molecule has 0 bridgehead atoms. The second-order valence-corrected chi connectivity index (χ2v) is 8.23. The lowest BCUT2D eigenvalue weighted by Gasteiger charge is -2.16. The van der Waals surface area contributed by atoms with E-state index < -0.39 is 0 Å². The fourth-order valence-corrected chi connectivity index (χ4v) is 3.67. The Balaban J connectivity index is 1.97.